The molecular weight excluding hydrogens is 288 g/mol. The van der Waals surface area contributed by atoms with E-state index in [1.807, 2.05) is 13.0 Å². The highest BCUT2D eigenvalue weighted by Gasteiger charge is 2.11. The Kier molecular flexibility index (Phi) is 5.93. The van der Waals surface area contributed by atoms with E-state index in [1.165, 1.54) is 11.1 Å². The van der Waals surface area contributed by atoms with Crippen LogP contribution in [0.5, 0.6) is 0 Å². The standard InChI is InChI=1S/C18H26N4O/c1-12(2)15-8-6-7-13(3)18(15)22-17-11-16(19-9-10-23-5)20-14(4)21-17/h6-8,11-12H,9-10H2,1-5H3,(H2,19,20,21,22). The molecule has 0 saturated carbocycles. The molecule has 2 aromatic rings. The normalized spacial score (nSPS) is 10.9. The number of rotatable bonds is 7. The fourth-order valence-corrected chi connectivity index (χ4v) is 2.47. The molecule has 1 heterocycles. The van der Waals surface area contributed by atoms with Crippen LogP contribution < -0.4 is 10.6 Å². The lowest BCUT2D eigenvalue weighted by atomic mass is 9.98. The number of anilines is 3. The van der Waals surface area contributed by atoms with Crippen LogP contribution in [0.15, 0.2) is 24.3 Å². The van der Waals surface area contributed by atoms with Gasteiger partial charge in [-0.3, -0.25) is 0 Å². The molecule has 0 aliphatic carbocycles. The van der Waals surface area contributed by atoms with Crippen LogP contribution in [0.2, 0.25) is 0 Å². The van der Waals surface area contributed by atoms with E-state index < -0.39 is 0 Å². The molecule has 0 amide bonds. The van der Waals surface area contributed by atoms with E-state index in [4.69, 9.17) is 4.74 Å². The Balaban J connectivity index is 2.26. The number of hydrogen-bond acceptors (Lipinski definition) is 5. The maximum atomic E-state index is 5.06. The number of nitrogens with zero attached hydrogens (tertiary/aromatic N) is 2. The lowest BCUT2D eigenvalue weighted by Gasteiger charge is -2.17. The van der Waals surface area contributed by atoms with Crippen molar-refractivity contribution < 1.29 is 4.74 Å². The van der Waals surface area contributed by atoms with Crippen molar-refractivity contribution in [3.63, 3.8) is 0 Å². The average molecular weight is 314 g/mol. The summed E-state index contributed by atoms with van der Waals surface area (Å²) in [6.45, 7) is 9.76. The summed E-state index contributed by atoms with van der Waals surface area (Å²) in [5.74, 6) is 2.78. The van der Waals surface area contributed by atoms with Gasteiger partial charge in [0.2, 0.25) is 0 Å². The summed E-state index contributed by atoms with van der Waals surface area (Å²) in [4.78, 5) is 8.91. The Morgan fingerprint density at radius 3 is 2.57 bits per heavy atom. The fraction of sp³-hybridized carbons (Fsp3) is 0.444. The smallest absolute Gasteiger partial charge is 0.136 e. The van der Waals surface area contributed by atoms with Crippen LogP contribution in [0.4, 0.5) is 17.3 Å². The first-order valence-electron chi connectivity index (χ1n) is 7.96. The van der Waals surface area contributed by atoms with Crippen molar-refractivity contribution in [3.05, 3.63) is 41.2 Å². The van der Waals surface area contributed by atoms with Gasteiger partial charge < -0.3 is 15.4 Å². The van der Waals surface area contributed by atoms with Gasteiger partial charge in [-0.25, -0.2) is 9.97 Å². The summed E-state index contributed by atoms with van der Waals surface area (Å²) in [5, 5.41) is 6.72. The predicted octanol–water partition coefficient (Wildman–Crippen LogP) is 4.02. The topological polar surface area (TPSA) is 59.1 Å². The largest absolute Gasteiger partial charge is 0.383 e. The summed E-state index contributed by atoms with van der Waals surface area (Å²) in [6.07, 6.45) is 0. The zero-order valence-corrected chi connectivity index (χ0v) is 14.6. The maximum Gasteiger partial charge on any atom is 0.136 e. The Hall–Kier alpha value is -2.14. The molecule has 0 atom stereocenters. The quantitative estimate of drug-likeness (QED) is 0.756. The molecule has 124 valence electrons. The molecule has 0 bridgehead atoms. The van der Waals surface area contributed by atoms with Gasteiger partial charge in [0.05, 0.1) is 6.61 Å². The van der Waals surface area contributed by atoms with Crippen LogP contribution in [-0.4, -0.2) is 30.2 Å². The number of ether oxygens (including phenoxy) is 1. The summed E-state index contributed by atoms with van der Waals surface area (Å²) in [5.41, 5.74) is 3.62. The number of para-hydroxylation sites is 1. The van der Waals surface area contributed by atoms with E-state index in [-0.39, 0.29) is 0 Å². The molecule has 0 unspecified atom stereocenters. The summed E-state index contributed by atoms with van der Waals surface area (Å²) >= 11 is 0. The van der Waals surface area contributed by atoms with Crippen molar-refractivity contribution in [1.29, 1.82) is 0 Å². The van der Waals surface area contributed by atoms with Crippen LogP contribution >= 0.6 is 0 Å². The molecular formula is C18H26N4O. The third kappa shape index (κ3) is 4.66. The van der Waals surface area contributed by atoms with Gasteiger partial charge in [0.25, 0.3) is 0 Å². The van der Waals surface area contributed by atoms with Crippen molar-refractivity contribution in [2.75, 3.05) is 30.9 Å². The van der Waals surface area contributed by atoms with Crippen LogP contribution in [0.3, 0.4) is 0 Å². The second-order valence-corrected chi connectivity index (χ2v) is 5.92. The zero-order valence-electron chi connectivity index (χ0n) is 14.6. The van der Waals surface area contributed by atoms with Crippen LogP contribution in [0, 0.1) is 13.8 Å². The monoisotopic (exact) mass is 314 g/mol. The van der Waals surface area contributed by atoms with Gasteiger partial charge in [-0.15, -0.1) is 0 Å². The summed E-state index contributed by atoms with van der Waals surface area (Å²) in [7, 11) is 1.69. The van der Waals surface area contributed by atoms with Gasteiger partial charge in [0.1, 0.15) is 17.5 Å². The number of aromatic nitrogens is 2. The molecule has 5 heteroatoms. The Bertz CT molecular complexity index is 655. The minimum Gasteiger partial charge on any atom is -0.383 e. The van der Waals surface area contributed by atoms with Gasteiger partial charge in [-0.05, 0) is 30.9 Å². The molecule has 2 N–H and O–H groups in total. The maximum absolute atomic E-state index is 5.06. The van der Waals surface area contributed by atoms with Crippen molar-refractivity contribution in [1.82, 2.24) is 9.97 Å². The van der Waals surface area contributed by atoms with Crippen LogP contribution in [0.25, 0.3) is 0 Å². The number of aryl methyl sites for hydroxylation is 2. The Labute approximate surface area is 138 Å². The molecule has 2 rings (SSSR count). The molecule has 5 nitrogen and oxygen atoms in total. The summed E-state index contributed by atoms with van der Waals surface area (Å²) < 4.78 is 5.06. The number of benzene rings is 1. The number of methoxy groups -OCH3 is 1. The molecule has 0 aliphatic rings. The lowest BCUT2D eigenvalue weighted by molar-refractivity contribution is 0.210. The highest BCUT2D eigenvalue weighted by atomic mass is 16.5. The predicted molar refractivity (Wildman–Crippen MR) is 95.7 cm³/mol. The van der Waals surface area contributed by atoms with E-state index in [0.717, 1.165) is 23.1 Å². The summed E-state index contributed by atoms with van der Waals surface area (Å²) in [6, 6.07) is 8.30. The van der Waals surface area contributed by atoms with Gasteiger partial charge in [-0.1, -0.05) is 32.0 Å². The third-order valence-electron chi connectivity index (χ3n) is 3.63. The number of hydrogen-bond donors (Lipinski definition) is 2. The van der Waals surface area contributed by atoms with Crippen LogP contribution in [0.1, 0.15) is 36.7 Å². The highest BCUT2D eigenvalue weighted by molar-refractivity contribution is 5.66. The van der Waals surface area contributed by atoms with E-state index in [9.17, 15) is 0 Å². The molecule has 0 radical (unpaired) electrons. The zero-order chi connectivity index (χ0) is 16.8. The van der Waals surface area contributed by atoms with Crippen LogP contribution in [-0.2, 0) is 4.74 Å². The third-order valence-corrected chi connectivity index (χ3v) is 3.63. The van der Waals surface area contributed by atoms with Crippen molar-refractivity contribution in [3.8, 4) is 0 Å². The van der Waals surface area contributed by atoms with E-state index in [2.05, 4.69) is 59.6 Å². The molecule has 0 fully saturated rings. The second kappa shape index (κ2) is 7.92. The average Bonchev–Trinajstić information content (AvgIpc) is 2.49. The van der Waals surface area contributed by atoms with Gasteiger partial charge in [0, 0.05) is 25.4 Å². The van der Waals surface area contributed by atoms with E-state index >= 15 is 0 Å². The minimum atomic E-state index is 0.444. The van der Waals surface area contributed by atoms with E-state index in [0.29, 0.717) is 19.1 Å². The molecule has 0 saturated heterocycles. The van der Waals surface area contributed by atoms with Gasteiger partial charge in [0.15, 0.2) is 0 Å². The van der Waals surface area contributed by atoms with Gasteiger partial charge in [-0.2, -0.15) is 0 Å². The van der Waals surface area contributed by atoms with Crippen molar-refractivity contribution in [2.45, 2.75) is 33.6 Å². The first-order chi connectivity index (χ1) is 11.0. The van der Waals surface area contributed by atoms with Gasteiger partial charge >= 0.3 is 0 Å². The Morgan fingerprint density at radius 2 is 1.87 bits per heavy atom. The SMILES string of the molecule is COCCNc1cc(Nc2c(C)cccc2C(C)C)nc(C)n1. The molecule has 0 aliphatic heterocycles. The fourth-order valence-electron chi connectivity index (χ4n) is 2.47. The first kappa shape index (κ1) is 17.2. The molecule has 0 spiro atoms. The second-order valence-electron chi connectivity index (χ2n) is 5.92. The molecule has 1 aromatic heterocycles. The molecule has 23 heavy (non-hydrogen) atoms. The molecule has 1 aromatic carbocycles. The first-order valence-corrected chi connectivity index (χ1v) is 7.96. The highest BCUT2D eigenvalue weighted by Crippen LogP contribution is 2.30. The minimum absolute atomic E-state index is 0.444. The lowest BCUT2D eigenvalue weighted by Crippen LogP contribution is -2.10. The van der Waals surface area contributed by atoms with Crippen molar-refractivity contribution in [2.24, 2.45) is 0 Å². The Morgan fingerprint density at radius 1 is 1.13 bits per heavy atom. The van der Waals surface area contributed by atoms with E-state index in [1.54, 1.807) is 7.11 Å². The van der Waals surface area contributed by atoms with Crippen molar-refractivity contribution >= 4 is 17.3 Å². The number of nitrogens with one attached hydrogen (secondary N) is 2.